The van der Waals surface area contributed by atoms with E-state index in [4.69, 9.17) is 4.98 Å². The van der Waals surface area contributed by atoms with Gasteiger partial charge in [0.1, 0.15) is 10.7 Å². The molecule has 2 aliphatic rings. The van der Waals surface area contributed by atoms with Gasteiger partial charge in [-0.1, -0.05) is 25.3 Å². The lowest BCUT2D eigenvalue weighted by atomic mass is 9.94. The second kappa shape index (κ2) is 8.27. The molecule has 1 fully saturated rings. The number of rotatable bonds is 4. The molecule has 5 nitrogen and oxygen atoms in total. The molecule has 1 amide bonds. The maximum absolute atomic E-state index is 13.8. The van der Waals surface area contributed by atoms with Crippen LogP contribution < -0.4 is 5.56 Å². The highest BCUT2D eigenvalue weighted by Crippen LogP contribution is 2.33. The number of carbonyl (C=O) groups excluding carboxylic acids is 1. The van der Waals surface area contributed by atoms with Crippen LogP contribution in [-0.2, 0) is 19.5 Å². The summed E-state index contributed by atoms with van der Waals surface area (Å²) in [6.45, 7) is 3.31. The first-order chi connectivity index (χ1) is 14.6. The summed E-state index contributed by atoms with van der Waals surface area (Å²) in [5, 5.41) is 2.72. The monoisotopic (exact) mass is 441 g/mol. The van der Waals surface area contributed by atoms with Crippen LogP contribution in [-0.4, -0.2) is 26.4 Å². The topological polar surface area (TPSA) is 55.2 Å². The number of hydrogen-bond donors (Lipinski definition) is 0. The van der Waals surface area contributed by atoms with Crippen LogP contribution >= 0.6 is 22.7 Å². The van der Waals surface area contributed by atoms with Gasteiger partial charge in [0.25, 0.3) is 11.5 Å². The fraction of sp³-hybridized carbons (Fsp3) is 0.522. The third kappa shape index (κ3) is 3.52. The van der Waals surface area contributed by atoms with Gasteiger partial charge in [0, 0.05) is 23.9 Å². The minimum Gasteiger partial charge on any atom is -0.330 e. The molecule has 0 saturated heterocycles. The van der Waals surface area contributed by atoms with Crippen molar-refractivity contribution in [3.63, 3.8) is 0 Å². The van der Waals surface area contributed by atoms with Crippen molar-refractivity contribution in [1.29, 1.82) is 0 Å². The molecular weight excluding hydrogens is 414 g/mol. The average molecular weight is 442 g/mol. The minimum absolute atomic E-state index is 0.0324. The zero-order valence-corrected chi connectivity index (χ0v) is 19.0. The molecular formula is C23H27N3O2S2. The molecule has 0 aromatic carbocycles. The Kier molecular flexibility index (Phi) is 5.50. The van der Waals surface area contributed by atoms with Crippen LogP contribution in [0.5, 0.6) is 0 Å². The second-order valence-corrected chi connectivity index (χ2v) is 10.5. The predicted molar refractivity (Wildman–Crippen MR) is 123 cm³/mol. The Morgan fingerprint density at radius 1 is 1.23 bits per heavy atom. The van der Waals surface area contributed by atoms with Gasteiger partial charge in [-0.3, -0.25) is 14.2 Å². The van der Waals surface area contributed by atoms with E-state index in [-0.39, 0.29) is 17.5 Å². The van der Waals surface area contributed by atoms with Crippen LogP contribution in [0.1, 0.15) is 70.9 Å². The molecule has 3 aromatic rings. The first kappa shape index (κ1) is 19.9. The van der Waals surface area contributed by atoms with Crippen LogP contribution in [0.4, 0.5) is 0 Å². The molecule has 3 aromatic heterocycles. The molecule has 0 bridgehead atoms. The molecule has 4 heterocycles. The lowest BCUT2D eigenvalue weighted by Crippen LogP contribution is -2.40. The van der Waals surface area contributed by atoms with Crippen molar-refractivity contribution in [2.24, 2.45) is 0 Å². The maximum Gasteiger partial charge on any atom is 0.264 e. The molecule has 0 unspecified atom stereocenters. The highest BCUT2D eigenvalue weighted by atomic mass is 32.1. The van der Waals surface area contributed by atoms with E-state index in [1.54, 1.807) is 11.3 Å². The average Bonchev–Trinajstić information content (AvgIpc) is 3.40. The third-order valence-corrected chi connectivity index (χ3v) is 8.57. The molecule has 0 atom stereocenters. The van der Waals surface area contributed by atoms with E-state index in [2.05, 4.69) is 16.3 Å². The number of fused-ring (bicyclic) bond motifs is 2. The lowest BCUT2D eigenvalue weighted by Gasteiger charge is -2.34. The van der Waals surface area contributed by atoms with E-state index in [1.807, 2.05) is 17.6 Å². The Balaban J connectivity index is 1.56. The highest BCUT2D eigenvalue weighted by Gasteiger charge is 2.30. The second-order valence-electron chi connectivity index (χ2n) is 8.48. The van der Waals surface area contributed by atoms with E-state index in [0.717, 1.165) is 54.9 Å². The predicted octanol–water partition coefficient (Wildman–Crippen LogP) is 5.14. The summed E-state index contributed by atoms with van der Waals surface area (Å²) in [6.07, 6.45) is 8.69. The fourth-order valence-electron chi connectivity index (χ4n) is 4.90. The number of thiophene rings is 2. The molecule has 1 saturated carbocycles. The summed E-state index contributed by atoms with van der Waals surface area (Å²) >= 11 is 3.11. The van der Waals surface area contributed by atoms with Crippen LogP contribution in [0.2, 0.25) is 0 Å². The van der Waals surface area contributed by atoms with Gasteiger partial charge in [-0.25, -0.2) is 4.98 Å². The van der Waals surface area contributed by atoms with Gasteiger partial charge < -0.3 is 4.90 Å². The number of hydrogen-bond acceptors (Lipinski definition) is 5. The fourth-order valence-corrected chi connectivity index (χ4v) is 6.75. The molecule has 1 aliphatic carbocycles. The van der Waals surface area contributed by atoms with E-state index in [1.165, 1.54) is 35.5 Å². The molecule has 0 radical (unpaired) electrons. The minimum atomic E-state index is 0.0324. The van der Waals surface area contributed by atoms with Gasteiger partial charge in [0.2, 0.25) is 0 Å². The van der Waals surface area contributed by atoms with Crippen molar-refractivity contribution in [1.82, 2.24) is 14.5 Å². The number of carbonyl (C=O) groups is 1. The van der Waals surface area contributed by atoms with E-state index in [9.17, 15) is 9.59 Å². The standard InChI is InChI=1S/C23H27N3O2S2/c1-15-19-21(24-18-11-5-6-12-25(18)22(19)27)30-20(15)23(28)26(14-17-10-7-13-29-17)16-8-3-2-4-9-16/h7,10,13,16H,2-6,8-9,11-12,14H2,1H3. The lowest BCUT2D eigenvalue weighted by molar-refractivity contribution is 0.0621. The first-order valence-corrected chi connectivity index (χ1v) is 12.7. The van der Waals surface area contributed by atoms with Gasteiger partial charge in [-0.2, -0.15) is 0 Å². The summed E-state index contributed by atoms with van der Waals surface area (Å²) in [6, 6.07) is 4.43. The maximum atomic E-state index is 13.8. The van der Waals surface area contributed by atoms with Crippen molar-refractivity contribution in [2.45, 2.75) is 77.4 Å². The molecule has 1 aliphatic heterocycles. The number of aryl methyl sites for hydroxylation is 2. The molecule has 30 heavy (non-hydrogen) atoms. The molecule has 7 heteroatoms. The Labute approximate surface area is 184 Å². The molecule has 0 spiro atoms. The normalized spacial score (nSPS) is 17.2. The van der Waals surface area contributed by atoms with Crippen molar-refractivity contribution in [3.8, 4) is 0 Å². The van der Waals surface area contributed by atoms with E-state index < -0.39 is 0 Å². The van der Waals surface area contributed by atoms with Crippen molar-refractivity contribution >= 4 is 38.8 Å². The van der Waals surface area contributed by atoms with Gasteiger partial charge in [-0.05, 0) is 49.6 Å². The summed E-state index contributed by atoms with van der Waals surface area (Å²) < 4.78 is 1.82. The van der Waals surface area contributed by atoms with Gasteiger partial charge in [0.05, 0.1) is 16.8 Å². The van der Waals surface area contributed by atoms with E-state index in [0.29, 0.717) is 16.8 Å². The molecule has 0 N–H and O–H groups in total. The van der Waals surface area contributed by atoms with Crippen LogP contribution in [0.3, 0.4) is 0 Å². The summed E-state index contributed by atoms with van der Waals surface area (Å²) in [4.78, 5) is 36.5. The summed E-state index contributed by atoms with van der Waals surface area (Å²) in [5.74, 6) is 0.944. The van der Waals surface area contributed by atoms with Crippen molar-refractivity contribution in [2.75, 3.05) is 0 Å². The van der Waals surface area contributed by atoms with Crippen LogP contribution in [0.15, 0.2) is 22.3 Å². The van der Waals surface area contributed by atoms with E-state index >= 15 is 0 Å². The van der Waals surface area contributed by atoms with Crippen LogP contribution in [0, 0.1) is 6.92 Å². The first-order valence-electron chi connectivity index (χ1n) is 11.0. The van der Waals surface area contributed by atoms with Gasteiger partial charge >= 0.3 is 0 Å². The third-order valence-electron chi connectivity index (χ3n) is 6.54. The number of nitrogens with zero attached hydrogens (tertiary/aromatic N) is 3. The molecule has 5 rings (SSSR count). The van der Waals surface area contributed by atoms with Crippen molar-refractivity contribution in [3.05, 3.63) is 49.0 Å². The van der Waals surface area contributed by atoms with Crippen LogP contribution in [0.25, 0.3) is 10.2 Å². The Morgan fingerprint density at radius 3 is 2.83 bits per heavy atom. The van der Waals surface area contributed by atoms with Gasteiger partial charge in [-0.15, -0.1) is 22.7 Å². The smallest absolute Gasteiger partial charge is 0.264 e. The largest absolute Gasteiger partial charge is 0.330 e. The summed E-state index contributed by atoms with van der Waals surface area (Å²) in [7, 11) is 0. The Hall–Kier alpha value is -1.99. The zero-order valence-electron chi connectivity index (χ0n) is 17.4. The Morgan fingerprint density at radius 2 is 2.07 bits per heavy atom. The molecule has 158 valence electrons. The highest BCUT2D eigenvalue weighted by molar-refractivity contribution is 7.20. The SMILES string of the molecule is Cc1c(C(=O)N(Cc2cccs2)C2CCCCC2)sc2nc3n(c(=O)c12)CCCC3. The summed E-state index contributed by atoms with van der Waals surface area (Å²) in [5.41, 5.74) is 0.843. The Bertz CT molecular complexity index is 1120. The number of amides is 1. The van der Waals surface area contributed by atoms with Crippen molar-refractivity contribution < 1.29 is 4.79 Å². The quantitative estimate of drug-likeness (QED) is 0.563. The zero-order chi connectivity index (χ0) is 20.7. The van der Waals surface area contributed by atoms with Gasteiger partial charge in [0.15, 0.2) is 0 Å². The number of aromatic nitrogens is 2.